The fraction of sp³-hybridized carbons (Fsp3) is 0.389. The zero-order valence-electron chi connectivity index (χ0n) is 14.5. The van der Waals surface area contributed by atoms with Gasteiger partial charge in [0.15, 0.2) is 5.69 Å². The average Bonchev–Trinajstić information content (AvgIpc) is 2.61. The van der Waals surface area contributed by atoms with E-state index in [4.69, 9.17) is 11.6 Å². The highest BCUT2D eigenvalue weighted by Gasteiger charge is 2.32. The van der Waals surface area contributed by atoms with Crippen molar-refractivity contribution in [2.24, 2.45) is 0 Å². The van der Waals surface area contributed by atoms with E-state index in [9.17, 15) is 23.1 Å². The van der Waals surface area contributed by atoms with Crippen LogP contribution in [0.5, 0.6) is 0 Å². The highest BCUT2D eigenvalue weighted by Crippen LogP contribution is 2.32. The number of alkyl halides is 3. The predicted molar refractivity (Wildman–Crippen MR) is 92.6 cm³/mol. The molecule has 0 saturated heterocycles. The van der Waals surface area contributed by atoms with Crippen LogP contribution in [0.1, 0.15) is 45.5 Å². The van der Waals surface area contributed by atoms with E-state index in [1.165, 1.54) is 6.07 Å². The Labute approximate surface area is 158 Å². The average molecular weight is 400 g/mol. The number of nitrogens with zero attached hydrogens (tertiary/aromatic N) is 3. The molecule has 0 unspecified atom stereocenters. The number of hydrogen-bond donors (Lipinski definition) is 1. The molecule has 1 aliphatic heterocycles. The number of aromatic carboxylic acids is 1. The van der Waals surface area contributed by atoms with E-state index >= 15 is 0 Å². The van der Waals surface area contributed by atoms with Gasteiger partial charge in [0.05, 0.1) is 10.7 Å². The van der Waals surface area contributed by atoms with Crippen molar-refractivity contribution in [3.63, 3.8) is 0 Å². The highest BCUT2D eigenvalue weighted by atomic mass is 35.5. The molecule has 3 rings (SSSR count). The molecular formula is C18H17ClF3N3O2. The van der Waals surface area contributed by atoms with Crippen molar-refractivity contribution in [2.75, 3.05) is 6.54 Å². The molecule has 0 spiro atoms. The third kappa shape index (κ3) is 4.06. The van der Waals surface area contributed by atoms with Crippen LogP contribution in [0.2, 0.25) is 5.02 Å². The van der Waals surface area contributed by atoms with Gasteiger partial charge < -0.3 is 5.11 Å². The first-order valence-electron chi connectivity index (χ1n) is 8.38. The van der Waals surface area contributed by atoms with E-state index in [0.717, 1.165) is 17.8 Å². The quantitative estimate of drug-likeness (QED) is 0.842. The van der Waals surface area contributed by atoms with Gasteiger partial charge in [-0.3, -0.25) is 9.88 Å². The minimum atomic E-state index is -4.49. The molecule has 27 heavy (non-hydrogen) atoms. The van der Waals surface area contributed by atoms with Crippen molar-refractivity contribution in [1.29, 1.82) is 0 Å². The molecular weight excluding hydrogens is 383 g/mol. The zero-order valence-corrected chi connectivity index (χ0v) is 15.2. The number of aromatic nitrogens is 2. The number of halogens is 4. The second-order valence-corrected chi connectivity index (χ2v) is 6.72. The fourth-order valence-corrected chi connectivity index (χ4v) is 3.68. The molecule has 144 valence electrons. The van der Waals surface area contributed by atoms with Crippen LogP contribution in [0.3, 0.4) is 0 Å². The van der Waals surface area contributed by atoms with Crippen LogP contribution >= 0.6 is 11.6 Å². The lowest BCUT2D eigenvalue weighted by Gasteiger charge is -2.29. The molecule has 1 aliphatic rings. The number of carbonyl (C=O) groups is 1. The molecule has 0 saturated carbocycles. The third-order valence-corrected chi connectivity index (χ3v) is 5.00. The topological polar surface area (TPSA) is 66.3 Å². The van der Waals surface area contributed by atoms with Crippen LogP contribution in [0, 0.1) is 0 Å². The standard InChI is InChI=1S/C18H17ClF3N3O2/c1-2-11-15(19)12-4-6-25(9-13(12)24-16(11)17(26)27)8-10-3-5-23-14(7-10)18(20,21)22/h3,5,7H,2,4,6,8-9H2,1H3,(H,26,27). The van der Waals surface area contributed by atoms with Gasteiger partial charge in [0, 0.05) is 31.4 Å². The maximum atomic E-state index is 12.8. The van der Waals surface area contributed by atoms with Crippen molar-refractivity contribution >= 4 is 17.6 Å². The van der Waals surface area contributed by atoms with Gasteiger partial charge >= 0.3 is 12.1 Å². The normalized spacial score (nSPS) is 14.9. The van der Waals surface area contributed by atoms with E-state index in [0.29, 0.717) is 47.8 Å². The van der Waals surface area contributed by atoms with Gasteiger partial charge in [-0.05, 0) is 36.1 Å². The number of pyridine rings is 2. The molecule has 2 aromatic heterocycles. The molecule has 9 heteroatoms. The fourth-order valence-electron chi connectivity index (χ4n) is 3.25. The van der Waals surface area contributed by atoms with Gasteiger partial charge in [0.1, 0.15) is 5.69 Å². The predicted octanol–water partition coefficient (Wildman–Crippen LogP) is 3.97. The first kappa shape index (κ1) is 19.6. The summed E-state index contributed by atoms with van der Waals surface area (Å²) in [6.45, 7) is 3.01. The summed E-state index contributed by atoms with van der Waals surface area (Å²) >= 11 is 6.40. The molecule has 0 fully saturated rings. The van der Waals surface area contributed by atoms with E-state index in [1.807, 2.05) is 11.8 Å². The van der Waals surface area contributed by atoms with E-state index in [2.05, 4.69) is 9.97 Å². The number of carboxylic acids is 1. The minimum Gasteiger partial charge on any atom is -0.477 e. The molecule has 0 amide bonds. The van der Waals surface area contributed by atoms with Crippen LogP contribution in [0.4, 0.5) is 13.2 Å². The Morgan fingerprint density at radius 3 is 2.78 bits per heavy atom. The Hall–Kier alpha value is -2.19. The largest absolute Gasteiger partial charge is 0.477 e. The third-order valence-electron chi connectivity index (χ3n) is 4.54. The summed E-state index contributed by atoms with van der Waals surface area (Å²) in [4.78, 5) is 21.0. The second kappa shape index (κ2) is 7.44. The number of fused-ring (bicyclic) bond motifs is 1. The molecule has 0 radical (unpaired) electrons. The lowest BCUT2D eigenvalue weighted by Crippen LogP contribution is -2.32. The summed E-state index contributed by atoms with van der Waals surface area (Å²) in [6, 6.07) is 2.56. The highest BCUT2D eigenvalue weighted by molar-refractivity contribution is 6.32. The molecule has 1 N–H and O–H groups in total. The van der Waals surface area contributed by atoms with Gasteiger partial charge in [-0.1, -0.05) is 18.5 Å². The van der Waals surface area contributed by atoms with Crippen LogP contribution in [-0.4, -0.2) is 32.5 Å². The zero-order chi connectivity index (χ0) is 19.8. The van der Waals surface area contributed by atoms with Crippen LogP contribution in [0.25, 0.3) is 0 Å². The summed E-state index contributed by atoms with van der Waals surface area (Å²) in [5.41, 5.74) is 1.38. The molecule has 0 atom stereocenters. The lowest BCUT2D eigenvalue weighted by molar-refractivity contribution is -0.141. The van der Waals surface area contributed by atoms with E-state index in [1.54, 1.807) is 0 Å². The Kier molecular flexibility index (Phi) is 5.39. The first-order chi connectivity index (χ1) is 12.7. The number of hydrogen-bond acceptors (Lipinski definition) is 4. The molecule has 0 aliphatic carbocycles. The van der Waals surface area contributed by atoms with Crippen molar-refractivity contribution < 1.29 is 23.1 Å². The van der Waals surface area contributed by atoms with Crippen molar-refractivity contribution in [2.45, 2.75) is 39.0 Å². The molecule has 5 nitrogen and oxygen atoms in total. The van der Waals surface area contributed by atoms with Crippen molar-refractivity contribution in [1.82, 2.24) is 14.9 Å². The number of rotatable bonds is 4. The second-order valence-electron chi connectivity index (χ2n) is 6.34. The minimum absolute atomic E-state index is 0.0635. The van der Waals surface area contributed by atoms with Gasteiger partial charge in [-0.15, -0.1) is 0 Å². The molecule has 2 aromatic rings. The van der Waals surface area contributed by atoms with Crippen LogP contribution < -0.4 is 0 Å². The summed E-state index contributed by atoms with van der Waals surface area (Å²) in [5, 5.41) is 9.82. The summed E-state index contributed by atoms with van der Waals surface area (Å²) in [6.07, 6.45) is -2.33. The Morgan fingerprint density at radius 1 is 1.41 bits per heavy atom. The number of carboxylic acid groups (broad SMARTS) is 1. The van der Waals surface area contributed by atoms with Crippen LogP contribution in [0.15, 0.2) is 18.3 Å². The van der Waals surface area contributed by atoms with Gasteiger partial charge in [0.2, 0.25) is 0 Å². The van der Waals surface area contributed by atoms with Gasteiger partial charge in [0.25, 0.3) is 0 Å². The smallest absolute Gasteiger partial charge is 0.433 e. The lowest BCUT2D eigenvalue weighted by atomic mass is 9.99. The van der Waals surface area contributed by atoms with E-state index in [-0.39, 0.29) is 12.2 Å². The maximum Gasteiger partial charge on any atom is 0.433 e. The van der Waals surface area contributed by atoms with Crippen molar-refractivity contribution in [3.8, 4) is 0 Å². The first-order valence-corrected chi connectivity index (χ1v) is 8.76. The Bertz CT molecular complexity index is 887. The molecule has 0 bridgehead atoms. The maximum absolute atomic E-state index is 12.8. The van der Waals surface area contributed by atoms with Crippen molar-refractivity contribution in [3.05, 3.63) is 57.1 Å². The molecule has 0 aromatic carbocycles. The monoisotopic (exact) mass is 399 g/mol. The van der Waals surface area contributed by atoms with Crippen LogP contribution in [-0.2, 0) is 32.1 Å². The van der Waals surface area contributed by atoms with E-state index < -0.39 is 17.8 Å². The Balaban J connectivity index is 1.86. The SMILES string of the molecule is CCc1c(C(=O)O)nc2c(c1Cl)CCN(Cc1ccnc(C(F)(F)F)c1)C2. The van der Waals surface area contributed by atoms with Gasteiger partial charge in [-0.2, -0.15) is 13.2 Å². The summed E-state index contributed by atoms with van der Waals surface area (Å²) < 4.78 is 38.5. The Morgan fingerprint density at radius 2 is 2.15 bits per heavy atom. The summed E-state index contributed by atoms with van der Waals surface area (Å²) in [7, 11) is 0. The van der Waals surface area contributed by atoms with Gasteiger partial charge in [-0.25, -0.2) is 9.78 Å². The summed E-state index contributed by atoms with van der Waals surface area (Å²) in [5.74, 6) is -1.14. The molecule has 3 heterocycles.